The van der Waals surface area contributed by atoms with Crippen molar-refractivity contribution >= 4 is 17.5 Å². The van der Waals surface area contributed by atoms with Gasteiger partial charge in [-0.05, 0) is 56.9 Å². The van der Waals surface area contributed by atoms with E-state index < -0.39 is 6.04 Å². The van der Waals surface area contributed by atoms with Crippen molar-refractivity contribution < 1.29 is 9.59 Å². The number of carbonyl (C=O) groups excluding carboxylic acids is 2. The maximum Gasteiger partial charge on any atom is 0.243 e. The van der Waals surface area contributed by atoms with E-state index >= 15 is 0 Å². The Kier molecular flexibility index (Phi) is 8.10. The Morgan fingerprint density at radius 3 is 2.62 bits per heavy atom. The predicted molar refractivity (Wildman–Crippen MR) is 106 cm³/mol. The molecule has 0 saturated heterocycles. The molecular weight excluding hydrogens is 326 g/mol. The summed E-state index contributed by atoms with van der Waals surface area (Å²) >= 11 is 0. The van der Waals surface area contributed by atoms with Gasteiger partial charge in [-0.25, -0.2) is 0 Å². The quantitative estimate of drug-likeness (QED) is 0.690. The number of hydrogen-bond donors (Lipinski definition) is 1. The van der Waals surface area contributed by atoms with Crippen molar-refractivity contribution in [1.82, 2.24) is 10.2 Å². The Morgan fingerprint density at radius 1 is 1.19 bits per heavy atom. The first-order chi connectivity index (χ1) is 12.6. The van der Waals surface area contributed by atoms with Crippen LogP contribution in [0.3, 0.4) is 0 Å². The van der Waals surface area contributed by atoms with Crippen LogP contribution in [0.15, 0.2) is 24.3 Å². The topological polar surface area (TPSA) is 52.7 Å². The van der Waals surface area contributed by atoms with Gasteiger partial charge >= 0.3 is 0 Å². The minimum atomic E-state index is -0.435. The number of para-hydroxylation sites is 1. The van der Waals surface area contributed by atoms with Crippen LogP contribution in [0.4, 0.5) is 5.69 Å². The lowest BCUT2D eigenvalue weighted by atomic mass is 10.1. The molecule has 0 bridgehead atoms. The number of hydrogen-bond acceptors (Lipinski definition) is 3. The van der Waals surface area contributed by atoms with Crippen LogP contribution >= 0.6 is 0 Å². The smallest absolute Gasteiger partial charge is 0.243 e. The van der Waals surface area contributed by atoms with Crippen LogP contribution in [0, 0.1) is 0 Å². The van der Waals surface area contributed by atoms with Crippen LogP contribution in [-0.2, 0) is 16.0 Å². The molecule has 26 heavy (non-hydrogen) atoms. The van der Waals surface area contributed by atoms with Crippen molar-refractivity contribution in [3.63, 3.8) is 0 Å². The number of fused-ring (bicyclic) bond motifs is 1. The molecule has 0 aliphatic carbocycles. The summed E-state index contributed by atoms with van der Waals surface area (Å²) in [4.78, 5) is 29.6. The summed E-state index contributed by atoms with van der Waals surface area (Å²) in [5.41, 5.74) is 2.06. The zero-order valence-corrected chi connectivity index (χ0v) is 16.5. The van der Waals surface area contributed by atoms with E-state index in [0.29, 0.717) is 19.4 Å². The molecule has 1 aliphatic rings. The van der Waals surface area contributed by atoms with Gasteiger partial charge in [-0.15, -0.1) is 0 Å². The fourth-order valence-corrected chi connectivity index (χ4v) is 3.64. The normalized spacial score (nSPS) is 15.5. The molecule has 2 rings (SSSR count). The van der Waals surface area contributed by atoms with E-state index in [9.17, 15) is 9.59 Å². The lowest BCUT2D eigenvalue weighted by molar-refractivity contribution is -0.126. The Morgan fingerprint density at radius 2 is 1.92 bits per heavy atom. The number of benzene rings is 1. The molecule has 1 aromatic rings. The van der Waals surface area contributed by atoms with Crippen LogP contribution < -0.4 is 10.2 Å². The lowest BCUT2D eigenvalue weighted by Crippen LogP contribution is -2.50. The van der Waals surface area contributed by atoms with Crippen LogP contribution in [0.5, 0.6) is 0 Å². The van der Waals surface area contributed by atoms with Gasteiger partial charge in [0.1, 0.15) is 6.04 Å². The molecule has 0 unspecified atom stereocenters. The van der Waals surface area contributed by atoms with Crippen molar-refractivity contribution in [2.24, 2.45) is 0 Å². The van der Waals surface area contributed by atoms with E-state index in [1.165, 1.54) is 0 Å². The average Bonchev–Trinajstić information content (AvgIpc) is 2.82. The molecule has 1 N–H and O–H groups in total. The highest BCUT2D eigenvalue weighted by molar-refractivity contribution is 6.01. The number of nitrogens with zero attached hydrogens (tertiary/aromatic N) is 2. The molecule has 5 nitrogen and oxygen atoms in total. The summed E-state index contributed by atoms with van der Waals surface area (Å²) in [5.74, 6) is 0.0113. The SMILES string of the molecule is CC[C@H](C(=O)NCCCN(CC)CC)N1C(=O)CCCc2ccccc21. The molecular formula is C21H33N3O2. The Hall–Kier alpha value is -1.88. The van der Waals surface area contributed by atoms with Crippen LogP contribution in [0.1, 0.15) is 52.0 Å². The van der Waals surface area contributed by atoms with E-state index in [4.69, 9.17) is 0 Å². The third-order valence-electron chi connectivity index (χ3n) is 5.20. The van der Waals surface area contributed by atoms with E-state index in [0.717, 1.165) is 50.1 Å². The van der Waals surface area contributed by atoms with E-state index in [1.807, 2.05) is 25.1 Å². The number of carbonyl (C=O) groups is 2. The molecule has 144 valence electrons. The van der Waals surface area contributed by atoms with Crippen LogP contribution in [0.2, 0.25) is 0 Å². The molecule has 0 fully saturated rings. The molecule has 0 saturated carbocycles. The van der Waals surface area contributed by atoms with Gasteiger partial charge in [0.25, 0.3) is 0 Å². The van der Waals surface area contributed by atoms with Crippen molar-refractivity contribution in [2.45, 2.75) is 58.9 Å². The number of rotatable bonds is 9. The van der Waals surface area contributed by atoms with E-state index in [1.54, 1.807) is 4.90 Å². The molecule has 1 aliphatic heterocycles. The third-order valence-corrected chi connectivity index (χ3v) is 5.20. The van der Waals surface area contributed by atoms with Crippen LogP contribution in [-0.4, -0.2) is 48.9 Å². The van der Waals surface area contributed by atoms with Crippen LogP contribution in [0.25, 0.3) is 0 Å². The summed E-state index contributed by atoms with van der Waals surface area (Å²) in [6, 6.07) is 7.54. The number of anilines is 1. The fraction of sp³-hybridized carbons (Fsp3) is 0.619. The Balaban J connectivity index is 2.04. The maximum absolute atomic E-state index is 12.8. The van der Waals surface area contributed by atoms with Gasteiger partial charge in [-0.3, -0.25) is 14.5 Å². The van der Waals surface area contributed by atoms with Crippen molar-refractivity contribution in [1.29, 1.82) is 0 Å². The standard InChI is InChI=1S/C21H33N3O2/c1-4-18(21(26)22-15-10-16-23(5-2)6-3)24-19-13-8-7-11-17(19)12-9-14-20(24)25/h7-8,11,13,18H,4-6,9-10,12,14-16H2,1-3H3,(H,22,26)/t18-/m1/s1. The first-order valence-electron chi connectivity index (χ1n) is 10.0. The highest BCUT2D eigenvalue weighted by Gasteiger charge is 2.32. The minimum absolute atomic E-state index is 0.0444. The monoisotopic (exact) mass is 359 g/mol. The molecule has 0 spiro atoms. The maximum atomic E-state index is 12.8. The molecule has 1 atom stereocenters. The first kappa shape index (κ1) is 20.4. The highest BCUT2D eigenvalue weighted by Crippen LogP contribution is 2.29. The van der Waals surface area contributed by atoms with Gasteiger partial charge in [-0.2, -0.15) is 0 Å². The van der Waals surface area contributed by atoms with E-state index in [2.05, 4.69) is 30.1 Å². The Bertz CT molecular complexity index is 599. The summed E-state index contributed by atoms with van der Waals surface area (Å²) in [7, 11) is 0. The molecule has 0 radical (unpaired) electrons. The van der Waals surface area contributed by atoms with Gasteiger partial charge in [0, 0.05) is 18.7 Å². The molecule has 0 aromatic heterocycles. The van der Waals surface area contributed by atoms with Crippen molar-refractivity contribution in [3.05, 3.63) is 29.8 Å². The second-order valence-corrected chi connectivity index (χ2v) is 6.84. The van der Waals surface area contributed by atoms with Crippen molar-refractivity contribution in [2.75, 3.05) is 31.1 Å². The second-order valence-electron chi connectivity index (χ2n) is 6.84. The van der Waals surface area contributed by atoms with Gasteiger partial charge in [0.15, 0.2) is 0 Å². The zero-order valence-electron chi connectivity index (χ0n) is 16.5. The fourth-order valence-electron chi connectivity index (χ4n) is 3.64. The largest absolute Gasteiger partial charge is 0.354 e. The second kappa shape index (κ2) is 10.3. The Labute approximate surface area is 157 Å². The molecule has 2 amide bonds. The summed E-state index contributed by atoms with van der Waals surface area (Å²) in [6.45, 7) is 9.96. The number of aryl methyl sites for hydroxylation is 1. The zero-order chi connectivity index (χ0) is 18.9. The number of amides is 2. The molecule has 5 heteroatoms. The van der Waals surface area contributed by atoms with Gasteiger partial charge < -0.3 is 10.2 Å². The summed E-state index contributed by atoms with van der Waals surface area (Å²) < 4.78 is 0. The van der Waals surface area contributed by atoms with Gasteiger partial charge in [-0.1, -0.05) is 39.0 Å². The summed E-state index contributed by atoms with van der Waals surface area (Å²) in [6.07, 6.45) is 3.77. The molecule has 1 heterocycles. The van der Waals surface area contributed by atoms with Crippen molar-refractivity contribution in [3.8, 4) is 0 Å². The summed E-state index contributed by atoms with van der Waals surface area (Å²) in [5, 5.41) is 3.05. The first-order valence-corrected chi connectivity index (χ1v) is 10.0. The molecule has 1 aromatic carbocycles. The third kappa shape index (κ3) is 5.07. The lowest BCUT2D eigenvalue weighted by Gasteiger charge is -2.30. The average molecular weight is 360 g/mol. The van der Waals surface area contributed by atoms with Gasteiger partial charge in [0.05, 0.1) is 0 Å². The van der Waals surface area contributed by atoms with E-state index in [-0.39, 0.29) is 11.8 Å². The minimum Gasteiger partial charge on any atom is -0.354 e. The predicted octanol–water partition coefficient (Wildman–Crippen LogP) is 2.98. The van der Waals surface area contributed by atoms with Gasteiger partial charge in [0.2, 0.25) is 11.8 Å². The highest BCUT2D eigenvalue weighted by atomic mass is 16.2. The number of nitrogens with one attached hydrogen (secondary N) is 1.